The Balaban J connectivity index is 1.57. The first-order valence-electron chi connectivity index (χ1n) is 16.2. The third kappa shape index (κ3) is 8.98. The van der Waals surface area contributed by atoms with Crippen molar-refractivity contribution < 1.29 is 18.0 Å². The van der Waals surface area contributed by atoms with Gasteiger partial charge in [0.25, 0.3) is 10.0 Å². The van der Waals surface area contributed by atoms with Crippen LogP contribution in [0, 0.1) is 13.8 Å². The largest absolute Gasteiger partial charge is 0.352 e. The van der Waals surface area contributed by atoms with E-state index in [1.54, 1.807) is 42.5 Å². The fourth-order valence-corrected chi connectivity index (χ4v) is 7.69. The van der Waals surface area contributed by atoms with Gasteiger partial charge >= 0.3 is 0 Å². The molecule has 5 rings (SSSR count). The van der Waals surface area contributed by atoms with Crippen molar-refractivity contribution in [3.8, 4) is 0 Å². The Morgan fingerprint density at radius 2 is 1.50 bits per heavy atom. The summed E-state index contributed by atoms with van der Waals surface area (Å²) in [4.78, 5) is 30.5. The van der Waals surface area contributed by atoms with Gasteiger partial charge in [0.05, 0.1) is 10.6 Å². The predicted octanol–water partition coefficient (Wildman–Crippen LogP) is 7.89. The van der Waals surface area contributed by atoms with Crippen LogP contribution >= 0.6 is 23.2 Å². The van der Waals surface area contributed by atoms with E-state index < -0.39 is 28.5 Å². The van der Waals surface area contributed by atoms with E-state index in [2.05, 4.69) is 5.32 Å². The summed E-state index contributed by atoms with van der Waals surface area (Å²) in [5, 5.41) is 4.14. The molecule has 48 heavy (non-hydrogen) atoms. The number of hydrogen-bond donors (Lipinski definition) is 1. The van der Waals surface area contributed by atoms with Gasteiger partial charge in [0.1, 0.15) is 12.6 Å². The lowest BCUT2D eigenvalue weighted by Gasteiger charge is -2.35. The molecule has 0 spiro atoms. The molecule has 0 unspecified atom stereocenters. The molecule has 0 aliphatic heterocycles. The van der Waals surface area contributed by atoms with Crippen molar-refractivity contribution in [2.75, 3.05) is 10.8 Å². The Labute approximate surface area is 293 Å². The monoisotopic (exact) mass is 705 g/mol. The van der Waals surface area contributed by atoms with Crippen molar-refractivity contribution in [3.05, 3.63) is 129 Å². The molecule has 1 saturated carbocycles. The molecule has 7 nitrogen and oxygen atoms in total. The number of hydrogen-bond acceptors (Lipinski definition) is 4. The van der Waals surface area contributed by atoms with Crippen LogP contribution in [-0.2, 0) is 32.6 Å². The lowest BCUT2D eigenvalue weighted by atomic mass is 9.94. The lowest BCUT2D eigenvalue weighted by Crippen LogP contribution is -2.55. The molecular weight excluding hydrogens is 665 g/mol. The number of anilines is 1. The standard InChI is InChI=1S/C38H41Cl2N3O4S/c1-27-13-21-34(22-14-27)48(46,47)43(33-20-15-28(2)35(40)24-33)26-37(44)42(25-30-16-18-31(39)19-17-30)36(23-29-9-5-3-6-10-29)38(45)41-32-11-7-4-8-12-32/h3,5-6,9-10,13-22,24,32,36H,4,7-8,11-12,23,25-26H2,1-2H3,(H,41,45)/t36-/m0/s1. The first-order valence-corrected chi connectivity index (χ1v) is 18.4. The molecule has 252 valence electrons. The van der Waals surface area contributed by atoms with Crippen LogP contribution in [0.3, 0.4) is 0 Å². The van der Waals surface area contributed by atoms with Crippen molar-refractivity contribution in [1.29, 1.82) is 0 Å². The van der Waals surface area contributed by atoms with Crippen molar-refractivity contribution in [3.63, 3.8) is 0 Å². The van der Waals surface area contributed by atoms with Gasteiger partial charge in [-0.3, -0.25) is 13.9 Å². The summed E-state index contributed by atoms with van der Waals surface area (Å²) < 4.78 is 29.6. The first-order chi connectivity index (χ1) is 23.0. The van der Waals surface area contributed by atoms with Gasteiger partial charge in [0.15, 0.2) is 0 Å². The number of sulfonamides is 1. The zero-order chi connectivity index (χ0) is 34.3. The zero-order valence-electron chi connectivity index (χ0n) is 27.2. The quantitative estimate of drug-likeness (QED) is 0.162. The van der Waals surface area contributed by atoms with Gasteiger partial charge in [0, 0.05) is 29.1 Å². The van der Waals surface area contributed by atoms with Gasteiger partial charge in [-0.25, -0.2) is 8.42 Å². The second kappa shape index (κ2) is 16.0. The maximum Gasteiger partial charge on any atom is 0.264 e. The third-order valence-electron chi connectivity index (χ3n) is 8.82. The molecule has 0 radical (unpaired) electrons. The van der Waals surface area contributed by atoms with Gasteiger partial charge in [-0.1, -0.05) is 109 Å². The normalized spacial score (nSPS) is 14.2. The summed E-state index contributed by atoms with van der Waals surface area (Å²) in [5.74, 6) is -0.795. The number of rotatable bonds is 12. The highest BCUT2D eigenvalue weighted by molar-refractivity contribution is 7.92. The molecule has 0 saturated heterocycles. The van der Waals surface area contributed by atoms with E-state index >= 15 is 0 Å². The average Bonchev–Trinajstić information content (AvgIpc) is 3.08. The second-order valence-electron chi connectivity index (χ2n) is 12.5. The van der Waals surface area contributed by atoms with Crippen molar-refractivity contribution >= 4 is 50.7 Å². The summed E-state index contributed by atoms with van der Waals surface area (Å²) in [5.41, 5.74) is 3.55. The van der Waals surface area contributed by atoms with E-state index in [-0.39, 0.29) is 35.5 Å². The number of halogens is 2. The van der Waals surface area contributed by atoms with Crippen LogP contribution in [-0.4, -0.2) is 43.8 Å². The number of benzene rings is 4. The number of nitrogens with one attached hydrogen (secondary N) is 1. The maximum atomic E-state index is 14.7. The fraction of sp³-hybridized carbons (Fsp3) is 0.316. The van der Waals surface area contributed by atoms with Crippen LogP contribution in [0.1, 0.15) is 54.4 Å². The summed E-state index contributed by atoms with van der Waals surface area (Å²) in [7, 11) is -4.23. The fourth-order valence-electron chi connectivity index (χ4n) is 5.99. The smallest absolute Gasteiger partial charge is 0.264 e. The molecule has 2 amide bonds. The number of aryl methyl sites for hydroxylation is 2. The molecule has 10 heteroatoms. The molecule has 0 heterocycles. The van der Waals surface area contributed by atoms with Crippen LogP contribution in [0.4, 0.5) is 5.69 Å². The van der Waals surface area contributed by atoms with Gasteiger partial charge in [-0.2, -0.15) is 0 Å². The van der Waals surface area contributed by atoms with Crippen LogP contribution in [0.25, 0.3) is 0 Å². The van der Waals surface area contributed by atoms with Crippen molar-refractivity contribution in [1.82, 2.24) is 10.2 Å². The van der Waals surface area contributed by atoms with Gasteiger partial charge in [-0.15, -0.1) is 0 Å². The molecule has 1 N–H and O–H groups in total. The van der Waals surface area contributed by atoms with Crippen LogP contribution in [0.15, 0.2) is 102 Å². The molecule has 4 aromatic rings. The molecule has 1 atom stereocenters. The molecule has 1 aliphatic rings. The van der Waals surface area contributed by atoms with Crippen molar-refractivity contribution in [2.24, 2.45) is 0 Å². The van der Waals surface area contributed by atoms with E-state index in [1.165, 1.54) is 17.0 Å². The first kappa shape index (κ1) is 35.5. The molecular formula is C38H41Cl2N3O4S. The van der Waals surface area contributed by atoms with Gasteiger partial charge in [0.2, 0.25) is 11.8 Å². The second-order valence-corrected chi connectivity index (χ2v) is 15.2. The average molecular weight is 707 g/mol. The number of carbonyl (C=O) groups is 2. The van der Waals surface area contributed by atoms with Crippen molar-refractivity contribution in [2.45, 2.75) is 75.9 Å². The molecule has 4 aromatic carbocycles. The highest BCUT2D eigenvalue weighted by atomic mass is 35.5. The lowest BCUT2D eigenvalue weighted by molar-refractivity contribution is -0.140. The Morgan fingerprint density at radius 3 is 2.15 bits per heavy atom. The van der Waals surface area contributed by atoms with Crippen LogP contribution < -0.4 is 9.62 Å². The Hall–Kier alpha value is -3.85. The summed E-state index contributed by atoms with van der Waals surface area (Å²) >= 11 is 12.7. The van der Waals surface area contributed by atoms with E-state index in [0.29, 0.717) is 10.0 Å². The molecule has 0 bridgehead atoms. The minimum Gasteiger partial charge on any atom is -0.352 e. The zero-order valence-corrected chi connectivity index (χ0v) is 29.6. The van der Waals surface area contributed by atoms with Gasteiger partial charge < -0.3 is 10.2 Å². The van der Waals surface area contributed by atoms with Gasteiger partial charge in [-0.05, 0) is 79.8 Å². The Morgan fingerprint density at radius 1 is 0.833 bits per heavy atom. The number of nitrogens with zero attached hydrogens (tertiary/aromatic N) is 2. The van der Waals surface area contributed by atoms with E-state index in [0.717, 1.165) is 58.7 Å². The van der Waals surface area contributed by atoms with Crippen LogP contribution in [0.5, 0.6) is 0 Å². The summed E-state index contributed by atoms with van der Waals surface area (Å²) in [6, 6.07) is 27.1. The number of carbonyl (C=O) groups excluding carboxylic acids is 2. The SMILES string of the molecule is Cc1ccc(S(=O)(=O)N(CC(=O)N(Cc2ccc(Cl)cc2)[C@@H](Cc2ccccc2)C(=O)NC2CCCCC2)c2ccc(C)c(Cl)c2)cc1. The molecule has 0 aromatic heterocycles. The van der Waals surface area contributed by atoms with E-state index in [4.69, 9.17) is 23.2 Å². The number of amides is 2. The Bertz CT molecular complexity index is 1810. The van der Waals surface area contributed by atoms with E-state index in [9.17, 15) is 18.0 Å². The van der Waals surface area contributed by atoms with E-state index in [1.807, 2.05) is 56.3 Å². The summed E-state index contributed by atoms with van der Waals surface area (Å²) in [6.45, 7) is 3.21. The topological polar surface area (TPSA) is 86.8 Å². The minimum atomic E-state index is -4.23. The van der Waals surface area contributed by atoms with Crippen LogP contribution in [0.2, 0.25) is 10.0 Å². The maximum absolute atomic E-state index is 14.7. The summed E-state index contributed by atoms with van der Waals surface area (Å²) in [6.07, 6.45) is 5.21. The highest BCUT2D eigenvalue weighted by Gasteiger charge is 2.35. The highest BCUT2D eigenvalue weighted by Crippen LogP contribution is 2.29. The molecule has 1 fully saturated rings. The minimum absolute atomic E-state index is 0.0186. The third-order valence-corrected chi connectivity index (χ3v) is 11.3. The Kier molecular flexibility index (Phi) is 11.8. The molecule has 1 aliphatic carbocycles. The predicted molar refractivity (Wildman–Crippen MR) is 193 cm³/mol.